The van der Waals surface area contributed by atoms with Crippen molar-refractivity contribution in [1.82, 2.24) is 4.90 Å². The summed E-state index contributed by atoms with van der Waals surface area (Å²) in [5.74, 6) is 0.688. The lowest BCUT2D eigenvalue weighted by Crippen LogP contribution is -2.45. The predicted molar refractivity (Wildman–Crippen MR) is 109 cm³/mol. The molecule has 144 valence electrons. The van der Waals surface area contributed by atoms with Crippen molar-refractivity contribution in [1.29, 1.82) is 0 Å². The zero-order valence-electron chi connectivity index (χ0n) is 16.3. The fourth-order valence-corrected chi connectivity index (χ4v) is 4.82. The van der Waals surface area contributed by atoms with Gasteiger partial charge >= 0.3 is 0 Å². The Labute approximate surface area is 159 Å². The number of nitrogens with zero attached hydrogens (tertiary/aromatic N) is 2. The van der Waals surface area contributed by atoms with Gasteiger partial charge in [0, 0.05) is 0 Å². The fourth-order valence-electron chi connectivity index (χ4n) is 4.82. The van der Waals surface area contributed by atoms with E-state index in [1.807, 2.05) is 0 Å². The molecule has 1 saturated carbocycles. The smallest absolute Gasteiger partial charge is 0.0742 e. The number of benzene rings is 1. The molecule has 0 radical (unpaired) electrons. The first-order chi connectivity index (χ1) is 12.9. The van der Waals surface area contributed by atoms with Crippen LogP contribution in [0.5, 0.6) is 0 Å². The minimum absolute atomic E-state index is 0.358. The molecule has 1 N–H and O–H groups in total. The Morgan fingerprint density at radius 3 is 2.04 bits per heavy atom. The summed E-state index contributed by atoms with van der Waals surface area (Å²) in [6.45, 7) is 2.26. The number of oxime groups is 1. The van der Waals surface area contributed by atoms with Crippen LogP contribution in [0, 0.1) is 0 Å². The first-order valence-corrected chi connectivity index (χ1v) is 10.9. The van der Waals surface area contributed by atoms with Crippen molar-refractivity contribution in [3.8, 4) is 0 Å². The average Bonchev–Trinajstić information content (AvgIpc) is 2.69. The van der Waals surface area contributed by atoms with Crippen LogP contribution in [-0.4, -0.2) is 35.0 Å². The molecule has 2 fully saturated rings. The molecule has 1 aliphatic carbocycles. The van der Waals surface area contributed by atoms with Gasteiger partial charge in [0.25, 0.3) is 0 Å². The van der Waals surface area contributed by atoms with Gasteiger partial charge in [-0.25, -0.2) is 0 Å². The van der Waals surface area contributed by atoms with Crippen LogP contribution in [-0.2, 0) is 0 Å². The van der Waals surface area contributed by atoms with E-state index in [0.717, 1.165) is 31.6 Å². The van der Waals surface area contributed by atoms with Gasteiger partial charge in [-0.2, -0.15) is 0 Å². The molecule has 1 aliphatic heterocycles. The number of rotatable bonds is 2. The summed E-state index contributed by atoms with van der Waals surface area (Å²) in [5, 5.41) is 13.5. The van der Waals surface area contributed by atoms with E-state index < -0.39 is 0 Å². The number of hydrogen-bond acceptors (Lipinski definition) is 3. The second-order valence-electron chi connectivity index (χ2n) is 8.20. The molecule has 2 aliphatic rings. The van der Waals surface area contributed by atoms with Crippen LogP contribution in [0.2, 0.25) is 0 Å². The van der Waals surface area contributed by atoms with E-state index >= 15 is 0 Å². The molecule has 1 saturated heterocycles. The van der Waals surface area contributed by atoms with Gasteiger partial charge in [0.2, 0.25) is 0 Å². The Hall–Kier alpha value is -1.35. The third-order valence-corrected chi connectivity index (χ3v) is 6.41. The lowest BCUT2D eigenvalue weighted by Gasteiger charge is -2.38. The first kappa shape index (κ1) is 19.4. The summed E-state index contributed by atoms with van der Waals surface area (Å²) in [7, 11) is 0. The van der Waals surface area contributed by atoms with E-state index in [2.05, 4.69) is 40.4 Å². The molecule has 3 rings (SSSR count). The largest absolute Gasteiger partial charge is 0.411 e. The van der Waals surface area contributed by atoms with Crippen LogP contribution in [0.3, 0.4) is 0 Å². The van der Waals surface area contributed by atoms with Crippen molar-refractivity contribution in [2.75, 3.05) is 13.1 Å². The van der Waals surface area contributed by atoms with Crippen molar-refractivity contribution in [2.24, 2.45) is 5.16 Å². The molecule has 0 aromatic heterocycles. The third-order valence-electron chi connectivity index (χ3n) is 6.41. The normalized spacial score (nSPS) is 26.9. The predicted octanol–water partition coefficient (Wildman–Crippen LogP) is 5.98. The highest BCUT2D eigenvalue weighted by Gasteiger charge is 2.28. The number of piperidine rings is 1. The highest BCUT2D eigenvalue weighted by Crippen LogP contribution is 2.30. The van der Waals surface area contributed by atoms with Gasteiger partial charge in [-0.15, -0.1) is 0 Å². The molecule has 1 heterocycles. The van der Waals surface area contributed by atoms with Crippen LogP contribution in [0.15, 0.2) is 35.5 Å². The van der Waals surface area contributed by atoms with Gasteiger partial charge in [-0.3, -0.25) is 4.90 Å². The van der Waals surface area contributed by atoms with Crippen molar-refractivity contribution >= 4 is 5.71 Å². The van der Waals surface area contributed by atoms with Gasteiger partial charge in [0.1, 0.15) is 0 Å². The molecular weight excluding hydrogens is 320 g/mol. The standard InChI is InChI=1S/C23H36N2O/c26-24-22-14-10-5-3-1-2-4-6-11-15-23(22)25-18-16-21(17-19-25)20-12-8-7-9-13-20/h7-9,12-13,21,23,26H,1-6,10-11,14-19H2/b24-22+/t23-/m0/s1. The summed E-state index contributed by atoms with van der Waals surface area (Å²) in [6.07, 6.45) is 15.1. The van der Waals surface area contributed by atoms with Crippen molar-refractivity contribution in [2.45, 2.75) is 89.0 Å². The maximum atomic E-state index is 9.69. The highest BCUT2D eigenvalue weighted by atomic mass is 16.4. The number of likely N-dealkylation sites (tertiary alicyclic amines) is 1. The zero-order chi connectivity index (χ0) is 18.0. The summed E-state index contributed by atoms with van der Waals surface area (Å²) in [6, 6.07) is 11.3. The summed E-state index contributed by atoms with van der Waals surface area (Å²) >= 11 is 0. The average molecular weight is 357 g/mol. The van der Waals surface area contributed by atoms with Crippen LogP contribution in [0.1, 0.15) is 88.5 Å². The third kappa shape index (κ3) is 5.57. The Morgan fingerprint density at radius 2 is 1.38 bits per heavy atom. The molecule has 26 heavy (non-hydrogen) atoms. The van der Waals surface area contributed by atoms with Gasteiger partial charge in [0.05, 0.1) is 11.8 Å². The molecule has 1 aromatic rings. The Bertz CT molecular complexity index is 534. The van der Waals surface area contributed by atoms with Crippen LogP contribution in [0.4, 0.5) is 0 Å². The lowest BCUT2D eigenvalue weighted by atomic mass is 9.87. The molecule has 0 unspecified atom stereocenters. The van der Waals surface area contributed by atoms with Crippen molar-refractivity contribution < 1.29 is 5.21 Å². The second kappa shape index (κ2) is 10.7. The minimum atomic E-state index is 0.358. The van der Waals surface area contributed by atoms with E-state index in [9.17, 15) is 5.21 Å². The van der Waals surface area contributed by atoms with E-state index in [-0.39, 0.29) is 0 Å². The molecule has 3 nitrogen and oxygen atoms in total. The van der Waals surface area contributed by atoms with Crippen LogP contribution in [0.25, 0.3) is 0 Å². The zero-order valence-corrected chi connectivity index (χ0v) is 16.3. The summed E-state index contributed by atoms with van der Waals surface area (Å²) in [5.41, 5.74) is 2.53. The SMILES string of the molecule is O/N=C1\CCCCCCCCCC[C@@H]1N1CCC(c2ccccc2)CC1. The van der Waals surface area contributed by atoms with E-state index in [1.165, 1.54) is 69.8 Å². The molecule has 3 heteroatoms. The van der Waals surface area contributed by atoms with E-state index in [4.69, 9.17) is 0 Å². The Balaban J connectivity index is 1.60. The maximum absolute atomic E-state index is 9.69. The molecule has 0 bridgehead atoms. The monoisotopic (exact) mass is 356 g/mol. The van der Waals surface area contributed by atoms with Gasteiger partial charge in [-0.05, 0) is 56.7 Å². The van der Waals surface area contributed by atoms with Crippen LogP contribution < -0.4 is 0 Å². The second-order valence-corrected chi connectivity index (χ2v) is 8.20. The van der Waals surface area contributed by atoms with Gasteiger partial charge < -0.3 is 5.21 Å². The molecule has 0 spiro atoms. The van der Waals surface area contributed by atoms with E-state index in [0.29, 0.717) is 12.0 Å². The molecule has 1 aromatic carbocycles. The van der Waals surface area contributed by atoms with E-state index in [1.54, 1.807) is 0 Å². The number of hydrogen-bond donors (Lipinski definition) is 1. The molecule has 0 amide bonds. The van der Waals surface area contributed by atoms with Crippen molar-refractivity contribution in [3.05, 3.63) is 35.9 Å². The Kier molecular flexibility index (Phi) is 8.00. The van der Waals surface area contributed by atoms with Crippen LogP contribution >= 0.6 is 0 Å². The molecule has 1 atom stereocenters. The lowest BCUT2D eigenvalue weighted by molar-refractivity contribution is 0.173. The summed E-state index contributed by atoms with van der Waals surface area (Å²) < 4.78 is 0. The van der Waals surface area contributed by atoms with Gasteiger partial charge in [-0.1, -0.05) is 80.4 Å². The highest BCUT2D eigenvalue weighted by molar-refractivity contribution is 5.89. The minimum Gasteiger partial charge on any atom is -0.411 e. The topological polar surface area (TPSA) is 35.8 Å². The van der Waals surface area contributed by atoms with Crippen molar-refractivity contribution in [3.63, 3.8) is 0 Å². The van der Waals surface area contributed by atoms with Gasteiger partial charge in [0.15, 0.2) is 0 Å². The maximum Gasteiger partial charge on any atom is 0.0742 e. The first-order valence-electron chi connectivity index (χ1n) is 10.9. The Morgan fingerprint density at radius 1 is 0.769 bits per heavy atom. The quantitative estimate of drug-likeness (QED) is 0.522. The summed E-state index contributed by atoms with van der Waals surface area (Å²) in [4.78, 5) is 2.61. The fraction of sp³-hybridized carbons (Fsp3) is 0.696. The molecular formula is C23H36N2O.